The van der Waals surface area contributed by atoms with Crippen molar-refractivity contribution in [1.82, 2.24) is 14.7 Å². The molecule has 0 fully saturated rings. The van der Waals surface area contributed by atoms with Gasteiger partial charge in [-0.2, -0.15) is 9.36 Å². The fourth-order valence-corrected chi connectivity index (χ4v) is 3.20. The number of nitrogens with one attached hydrogen (secondary N) is 1. The van der Waals surface area contributed by atoms with Crippen LogP contribution in [-0.2, 0) is 6.42 Å². The highest BCUT2D eigenvalue weighted by atomic mass is 32.1. The Bertz CT molecular complexity index is 980. The van der Waals surface area contributed by atoms with Crippen molar-refractivity contribution in [2.45, 2.75) is 47.1 Å². The van der Waals surface area contributed by atoms with Crippen LogP contribution in [0.3, 0.4) is 0 Å². The van der Waals surface area contributed by atoms with Gasteiger partial charge in [0.2, 0.25) is 0 Å². The molecule has 1 amide bonds. The summed E-state index contributed by atoms with van der Waals surface area (Å²) in [6.07, 6.45) is 0.661. The van der Waals surface area contributed by atoms with Crippen molar-refractivity contribution in [3.05, 3.63) is 70.5 Å². The monoisotopic (exact) mass is 409 g/mol. The number of hydrogen-bond acceptors (Lipinski definition) is 5. The molecule has 29 heavy (non-hydrogen) atoms. The van der Waals surface area contributed by atoms with E-state index in [4.69, 9.17) is 4.74 Å². The van der Waals surface area contributed by atoms with E-state index >= 15 is 0 Å². The van der Waals surface area contributed by atoms with Crippen molar-refractivity contribution in [3.63, 3.8) is 0 Å². The van der Waals surface area contributed by atoms with E-state index in [9.17, 15) is 4.79 Å². The van der Waals surface area contributed by atoms with E-state index < -0.39 is 0 Å². The zero-order valence-electron chi connectivity index (χ0n) is 17.5. The Morgan fingerprint density at radius 1 is 1.10 bits per heavy atom. The molecule has 0 unspecified atom stereocenters. The molecule has 0 saturated carbocycles. The second kappa shape index (κ2) is 9.18. The fourth-order valence-electron chi connectivity index (χ4n) is 2.64. The number of amides is 1. The highest BCUT2D eigenvalue weighted by molar-refractivity contribution is 7.07. The zero-order valence-corrected chi connectivity index (χ0v) is 18.3. The summed E-state index contributed by atoms with van der Waals surface area (Å²) < 4.78 is 10.4. The van der Waals surface area contributed by atoms with Crippen molar-refractivity contribution in [2.75, 3.05) is 0 Å². The number of aromatic nitrogens is 2. The van der Waals surface area contributed by atoms with Crippen LogP contribution in [0.1, 0.15) is 53.6 Å². The first kappa shape index (κ1) is 21.0. The van der Waals surface area contributed by atoms with E-state index in [1.807, 2.05) is 26.0 Å². The Hall–Kier alpha value is -2.73. The molecule has 5 nitrogen and oxygen atoms in total. The molecule has 1 N–H and O–H groups in total. The highest BCUT2D eigenvalue weighted by Gasteiger charge is 2.15. The zero-order chi connectivity index (χ0) is 21.0. The van der Waals surface area contributed by atoms with Crippen molar-refractivity contribution >= 4 is 17.4 Å². The number of hydrogen-bond donors (Lipinski definition) is 1. The fraction of sp³-hybridized carbons (Fsp3) is 0.348. The molecule has 0 saturated heterocycles. The lowest BCUT2D eigenvalue weighted by molar-refractivity contribution is 0.0930. The molecule has 0 bridgehead atoms. The van der Waals surface area contributed by atoms with E-state index in [1.165, 1.54) is 17.1 Å². The molecule has 0 radical (unpaired) electrons. The molecule has 0 aliphatic carbocycles. The molecule has 0 aliphatic heterocycles. The summed E-state index contributed by atoms with van der Waals surface area (Å²) in [5.41, 5.74) is 3.90. The number of carbonyl (C=O) groups is 1. The summed E-state index contributed by atoms with van der Waals surface area (Å²) in [5.74, 6) is 1.61. The van der Waals surface area contributed by atoms with Crippen LogP contribution in [0, 0.1) is 19.8 Å². The summed E-state index contributed by atoms with van der Waals surface area (Å²) >= 11 is 1.22. The van der Waals surface area contributed by atoms with Crippen LogP contribution in [0.2, 0.25) is 0 Å². The number of benzene rings is 2. The molecule has 1 heterocycles. The lowest BCUT2D eigenvalue weighted by Gasteiger charge is -2.17. The van der Waals surface area contributed by atoms with E-state index in [-0.39, 0.29) is 11.9 Å². The third-order valence-corrected chi connectivity index (χ3v) is 5.57. The lowest BCUT2D eigenvalue weighted by atomic mass is 10.1. The van der Waals surface area contributed by atoms with E-state index in [0.717, 1.165) is 17.0 Å². The van der Waals surface area contributed by atoms with Crippen LogP contribution in [-0.4, -0.2) is 21.3 Å². The molecule has 6 heteroatoms. The van der Waals surface area contributed by atoms with Crippen LogP contribution in [0.25, 0.3) is 0 Å². The highest BCUT2D eigenvalue weighted by Crippen LogP contribution is 2.28. The predicted octanol–water partition coefficient (Wildman–Crippen LogP) is 5.31. The molecule has 1 atom stereocenters. The summed E-state index contributed by atoms with van der Waals surface area (Å²) in [4.78, 5) is 17.0. The number of nitrogens with zero attached hydrogens (tertiary/aromatic N) is 2. The summed E-state index contributed by atoms with van der Waals surface area (Å²) in [6.45, 7) is 10.2. The van der Waals surface area contributed by atoms with Crippen LogP contribution < -0.4 is 10.1 Å². The number of ether oxygens (including phenoxy) is 1. The smallest absolute Gasteiger partial charge is 0.298 e. The molecule has 0 aliphatic rings. The maximum absolute atomic E-state index is 12.5. The Balaban J connectivity index is 1.70. The number of rotatable bonds is 7. The molecular formula is C23H27N3O2S. The summed E-state index contributed by atoms with van der Waals surface area (Å²) in [7, 11) is 0. The minimum Gasteiger partial charge on any atom is -0.430 e. The third-order valence-electron chi connectivity index (χ3n) is 4.94. The molecular weight excluding hydrogens is 382 g/mol. The van der Waals surface area contributed by atoms with Gasteiger partial charge in [-0.25, -0.2) is 0 Å². The van der Waals surface area contributed by atoms with Crippen LogP contribution in [0.4, 0.5) is 0 Å². The molecule has 2 aromatic carbocycles. The van der Waals surface area contributed by atoms with Gasteiger partial charge >= 0.3 is 0 Å². The first-order chi connectivity index (χ1) is 13.8. The molecule has 3 rings (SSSR count). The maximum atomic E-state index is 12.5. The van der Waals surface area contributed by atoms with Gasteiger partial charge in [-0.15, -0.1) is 0 Å². The van der Waals surface area contributed by atoms with Crippen molar-refractivity contribution < 1.29 is 9.53 Å². The average molecular weight is 410 g/mol. The first-order valence-electron chi connectivity index (χ1n) is 9.79. The quantitative estimate of drug-likeness (QED) is 0.574. The largest absolute Gasteiger partial charge is 0.430 e. The predicted molar refractivity (Wildman–Crippen MR) is 117 cm³/mol. The van der Waals surface area contributed by atoms with Gasteiger partial charge < -0.3 is 10.1 Å². The van der Waals surface area contributed by atoms with Gasteiger partial charge in [0.1, 0.15) is 5.75 Å². The van der Waals surface area contributed by atoms with Crippen molar-refractivity contribution in [3.8, 4) is 10.9 Å². The van der Waals surface area contributed by atoms with Crippen molar-refractivity contribution in [1.29, 1.82) is 0 Å². The normalized spacial score (nSPS) is 12.1. The third kappa shape index (κ3) is 5.64. The SMILES string of the molecule is Cc1ccc(Cc2nsc(Oc3cc(C(=O)N[C@@H](C)C(C)C)ccc3C)n2)cc1. The molecule has 152 valence electrons. The standard InChI is InChI=1S/C23H27N3O2S/c1-14(2)17(5)24-22(27)19-11-8-16(4)20(13-19)28-23-25-21(26-29-23)12-18-9-6-15(3)7-10-18/h6-11,13-14,17H,12H2,1-5H3,(H,24,27)/t17-/m0/s1. The van der Waals surface area contributed by atoms with Gasteiger partial charge in [0.05, 0.1) is 0 Å². The Kier molecular flexibility index (Phi) is 6.64. The number of aryl methyl sites for hydroxylation is 2. The molecule has 0 spiro atoms. The van der Waals surface area contributed by atoms with E-state index in [2.05, 4.69) is 59.7 Å². The van der Waals surface area contributed by atoms with Gasteiger partial charge in [-0.1, -0.05) is 49.7 Å². The van der Waals surface area contributed by atoms with Crippen LogP contribution in [0.15, 0.2) is 42.5 Å². The van der Waals surface area contributed by atoms with Gasteiger partial charge in [0, 0.05) is 29.6 Å². The summed E-state index contributed by atoms with van der Waals surface area (Å²) in [6, 6.07) is 13.9. The van der Waals surface area contributed by atoms with Crippen molar-refractivity contribution in [2.24, 2.45) is 5.92 Å². The van der Waals surface area contributed by atoms with Gasteiger partial charge in [0.15, 0.2) is 5.82 Å². The maximum Gasteiger partial charge on any atom is 0.298 e. The number of carbonyl (C=O) groups excluding carboxylic acids is 1. The lowest BCUT2D eigenvalue weighted by Crippen LogP contribution is -2.36. The van der Waals surface area contributed by atoms with Gasteiger partial charge in [0.25, 0.3) is 11.1 Å². The van der Waals surface area contributed by atoms with E-state index in [0.29, 0.717) is 28.8 Å². The second-order valence-electron chi connectivity index (χ2n) is 7.73. The van der Waals surface area contributed by atoms with Crippen LogP contribution >= 0.6 is 11.5 Å². The minimum atomic E-state index is -0.103. The Morgan fingerprint density at radius 2 is 1.83 bits per heavy atom. The van der Waals surface area contributed by atoms with Gasteiger partial charge in [-0.05, 0) is 49.9 Å². The second-order valence-corrected chi connectivity index (χ2v) is 8.44. The van der Waals surface area contributed by atoms with E-state index in [1.54, 1.807) is 6.07 Å². The summed E-state index contributed by atoms with van der Waals surface area (Å²) in [5, 5.41) is 3.50. The minimum absolute atomic E-state index is 0.0978. The molecule has 1 aromatic heterocycles. The van der Waals surface area contributed by atoms with Gasteiger partial charge in [-0.3, -0.25) is 4.79 Å². The van der Waals surface area contributed by atoms with Crippen LogP contribution in [0.5, 0.6) is 10.9 Å². The first-order valence-corrected chi connectivity index (χ1v) is 10.6. The topological polar surface area (TPSA) is 64.1 Å². The molecule has 3 aromatic rings. The average Bonchev–Trinajstić information content (AvgIpc) is 3.12. The Morgan fingerprint density at radius 3 is 2.52 bits per heavy atom. The Labute approximate surface area is 176 Å².